The zero-order chi connectivity index (χ0) is 13.9. The molecule has 0 saturated carbocycles. The van der Waals surface area contributed by atoms with Crippen molar-refractivity contribution in [3.8, 4) is 5.75 Å². The van der Waals surface area contributed by atoms with Gasteiger partial charge in [-0.2, -0.15) is 0 Å². The maximum Gasteiger partial charge on any atom is 0.125 e. The van der Waals surface area contributed by atoms with Crippen LogP contribution >= 0.6 is 11.6 Å². The van der Waals surface area contributed by atoms with Gasteiger partial charge in [0, 0.05) is 11.6 Å². The summed E-state index contributed by atoms with van der Waals surface area (Å²) in [5.41, 5.74) is 1.77. The Labute approximate surface area is 120 Å². The van der Waals surface area contributed by atoms with Crippen LogP contribution in [0.3, 0.4) is 0 Å². The van der Waals surface area contributed by atoms with E-state index in [2.05, 4.69) is 15.2 Å². The number of aromatic hydroxyl groups is 1. The predicted octanol–water partition coefficient (Wildman–Crippen LogP) is 5.01. The fourth-order valence-electron chi connectivity index (χ4n) is 1.86. The van der Waals surface area contributed by atoms with Crippen molar-refractivity contribution in [3.63, 3.8) is 0 Å². The molecule has 4 nitrogen and oxygen atoms in total. The Morgan fingerprint density at radius 2 is 1.70 bits per heavy atom. The molecule has 20 heavy (non-hydrogen) atoms. The van der Waals surface area contributed by atoms with Gasteiger partial charge in [-0.3, -0.25) is 4.98 Å². The van der Waals surface area contributed by atoms with Crippen LogP contribution in [0.2, 0.25) is 5.02 Å². The molecule has 3 rings (SSSR count). The number of nitrogens with zero attached hydrogens (tertiary/aromatic N) is 3. The minimum Gasteiger partial charge on any atom is -0.507 e. The lowest BCUT2D eigenvalue weighted by molar-refractivity contribution is 0.481. The maximum atomic E-state index is 9.79. The first-order valence-corrected chi connectivity index (χ1v) is 6.36. The highest BCUT2D eigenvalue weighted by Crippen LogP contribution is 2.32. The molecule has 0 saturated heterocycles. The Morgan fingerprint density at radius 3 is 2.55 bits per heavy atom. The molecule has 0 aliphatic heterocycles. The van der Waals surface area contributed by atoms with Crippen LogP contribution in [0.1, 0.15) is 0 Å². The third-order valence-electron chi connectivity index (χ3n) is 2.84. The number of phenols is 1. The van der Waals surface area contributed by atoms with E-state index in [1.54, 1.807) is 42.6 Å². The number of aromatic nitrogens is 1. The van der Waals surface area contributed by atoms with E-state index in [0.29, 0.717) is 27.3 Å². The number of halogens is 1. The molecule has 0 spiro atoms. The highest BCUT2D eigenvalue weighted by molar-refractivity contribution is 6.32. The van der Waals surface area contributed by atoms with Crippen LogP contribution in [0.25, 0.3) is 10.9 Å². The van der Waals surface area contributed by atoms with E-state index in [9.17, 15) is 5.11 Å². The fraction of sp³-hybridized carbons (Fsp3) is 0. The minimum atomic E-state index is 0.171. The van der Waals surface area contributed by atoms with Crippen LogP contribution in [-0.2, 0) is 0 Å². The second kappa shape index (κ2) is 5.27. The molecule has 3 aromatic rings. The number of hydrogen-bond donors (Lipinski definition) is 1. The van der Waals surface area contributed by atoms with Gasteiger partial charge < -0.3 is 5.11 Å². The zero-order valence-corrected chi connectivity index (χ0v) is 11.1. The summed E-state index contributed by atoms with van der Waals surface area (Å²) in [5, 5.41) is 19.3. The molecule has 0 fully saturated rings. The van der Waals surface area contributed by atoms with Gasteiger partial charge in [-0.15, -0.1) is 10.2 Å². The minimum absolute atomic E-state index is 0.171. The van der Waals surface area contributed by atoms with Crippen LogP contribution in [0.5, 0.6) is 5.75 Å². The summed E-state index contributed by atoms with van der Waals surface area (Å²) in [6, 6.07) is 14.0. The van der Waals surface area contributed by atoms with E-state index >= 15 is 0 Å². The second-order valence-electron chi connectivity index (χ2n) is 4.15. The van der Waals surface area contributed by atoms with Gasteiger partial charge >= 0.3 is 0 Å². The predicted molar refractivity (Wildman–Crippen MR) is 79.0 cm³/mol. The number of hydrogen-bond acceptors (Lipinski definition) is 4. The SMILES string of the molecule is Oc1ccc(N=Nc2ccccc2Cl)c2ncccc12. The molecule has 98 valence electrons. The van der Waals surface area contributed by atoms with Gasteiger partial charge in [-0.05, 0) is 36.4 Å². The van der Waals surface area contributed by atoms with Crippen molar-refractivity contribution >= 4 is 33.9 Å². The van der Waals surface area contributed by atoms with Crippen molar-refractivity contribution in [2.24, 2.45) is 10.2 Å². The lowest BCUT2D eigenvalue weighted by Gasteiger charge is -2.02. The standard InChI is InChI=1S/C15H10ClN3O/c16-11-5-1-2-6-12(11)18-19-13-7-8-14(20)10-4-3-9-17-15(10)13/h1-9,20H. The zero-order valence-electron chi connectivity index (χ0n) is 10.4. The molecule has 0 aliphatic rings. The summed E-state index contributed by atoms with van der Waals surface area (Å²) >= 11 is 6.02. The summed E-state index contributed by atoms with van der Waals surface area (Å²) in [7, 11) is 0. The molecule has 0 atom stereocenters. The largest absolute Gasteiger partial charge is 0.507 e. The molecule has 0 bridgehead atoms. The molecule has 0 radical (unpaired) electrons. The van der Waals surface area contributed by atoms with Crippen molar-refractivity contribution < 1.29 is 5.11 Å². The second-order valence-corrected chi connectivity index (χ2v) is 4.56. The van der Waals surface area contributed by atoms with E-state index in [0.717, 1.165) is 0 Å². The molecule has 0 aliphatic carbocycles. The molecule has 1 heterocycles. The molecule has 0 amide bonds. The first-order chi connectivity index (χ1) is 9.75. The van der Waals surface area contributed by atoms with Crippen molar-refractivity contribution in [1.82, 2.24) is 4.98 Å². The van der Waals surface area contributed by atoms with Crippen molar-refractivity contribution in [2.45, 2.75) is 0 Å². The van der Waals surface area contributed by atoms with Crippen LogP contribution in [0, 0.1) is 0 Å². The van der Waals surface area contributed by atoms with Crippen LogP contribution < -0.4 is 0 Å². The first-order valence-electron chi connectivity index (χ1n) is 5.98. The van der Waals surface area contributed by atoms with Gasteiger partial charge in [-0.25, -0.2) is 0 Å². The number of azo groups is 1. The van der Waals surface area contributed by atoms with Gasteiger partial charge in [0.05, 0.1) is 5.02 Å². The van der Waals surface area contributed by atoms with Gasteiger partial charge in [0.15, 0.2) is 0 Å². The average molecular weight is 284 g/mol. The molecular weight excluding hydrogens is 274 g/mol. The molecule has 1 N–H and O–H groups in total. The van der Waals surface area contributed by atoms with Gasteiger partial charge in [-0.1, -0.05) is 23.7 Å². The van der Waals surface area contributed by atoms with Crippen LogP contribution in [0.4, 0.5) is 11.4 Å². The highest BCUT2D eigenvalue weighted by Gasteiger charge is 2.05. The quantitative estimate of drug-likeness (QED) is 0.672. The van der Waals surface area contributed by atoms with Crippen molar-refractivity contribution in [3.05, 3.63) is 59.8 Å². The number of pyridine rings is 1. The third kappa shape index (κ3) is 2.33. The smallest absolute Gasteiger partial charge is 0.125 e. The first kappa shape index (κ1) is 12.6. The van der Waals surface area contributed by atoms with Gasteiger partial charge in [0.25, 0.3) is 0 Å². The normalized spacial score (nSPS) is 11.2. The number of phenolic OH excluding ortho intramolecular Hbond substituents is 1. The van der Waals surface area contributed by atoms with E-state index in [-0.39, 0.29) is 5.75 Å². The van der Waals surface area contributed by atoms with Gasteiger partial charge in [0.2, 0.25) is 0 Å². The number of fused-ring (bicyclic) bond motifs is 1. The lowest BCUT2D eigenvalue weighted by Crippen LogP contribution is -1.79. The summed E-state index contributed by atoms with van der Waals surface area (Å²) in [6.45, 7) is 0. The molecule has 0 unspecified atom stereocenters. The van der Waals surface area contributed by atoms with E-state index in [1.807, 2.05) is 12.1 Å². The Morgan fingerprint density at radius 1 is 0.900 bits per heavy atom. The Balaban J connectivity index is 2.08. The van der Waals surface area contributed by atoms with Crippen LogP contribution in [-0.4, -0.2) is 10.1 Å². The summed E-state index contributed by atoms with van der Waals surface area (Å²) in [4.78, 5) is 4.23. The van der Waals surface area contributed by atoms with E-state index < -0.39 is 0 Å². The molecule has 1 aromatic heterocycles. The summed E-state index contributed by atoms with van der Waals surface area (Å²) in [6.07, 6.45) is 1.65. The maximum absolute atomic E-state index is 9.79. The number of rotatable bonds is 2. The monoisotopic (exact) mass is 283 g/mol. The lowest BCUT2D eigenvalue weighted by atomic mass is 10.2. The van der Waals surface area contributed by atoms with E-state index in [1.165, 1.54) is 0 Å². The number of benzene rings is 2. The molecular formula is C15H10ClN3O. The fourth-order valence-corrected chi connectivity index (χ4v) is 2.04. The summed E-state index contributed by atoms with van der Waals surface area (Å²) in [5.74, 6) is 0.171. The Kier molecular flexibility index (Phi) is 3.31. The Bertz CT molecular complexity index is 802. The van der Waals surface area contributed by atoms with Gasteiger partial charge in [0.1, 0.15) is 22.6 Å². The van der Waals surface area contributed by atoms with Crippen molar-refractivity contribution in [2.75, 3.05) is 0 Å². The third-order valence-corrected chi connectivity index (χ3v) is 3.16. The topological polar surface area (TPSA) is 57.8 Å². The van der Waals surface area contributed by atoms with Crippen molar-refractivity contribution in [1.29, 1.82) is 0 Å². The Hall–Kier alpha value is -2.46. The molecule has 5 heteroatoms. The van der Waals surface area contributed by atoms with Crippen LogP contribution in [0.15, 0.2) is 65.0 Å². The summed E-state index contributed by atoms with van der Waals surface area (Å²) < 4.78 is 0. The average Bonchev–Trinajstić information content (AvgIpc) is 2.48. The highest BCUT2D eigenvalue weighted by atomic mass is 35.5. The van der Waals surface area contributed by atoms with E-state index in [4.69, 9.17) is 11.6 Å². The molecule has 2 aromatic carbocycles.